The van der Waals surface area contributed by atoms with E-state index < -0.39 is 0 Å². The first kappa shape index (κ1) is 25.0. The van der Waals surface area contributed by atoms with E-state index in [4.69, 9.17) is 0 Å². The Kier molecular flexibility index (Phi) is 7.72. The Labute approximate surface area is 214 Å². The van der Waals surface area contributed by atoms with Crippen molar-refractivity contribution in [3.05, 3.63) is 65.7 Å². The quantitative estimate of drug-likeness (QED) is 0.396. The summed E-state index contributed by atoms with van der Waals surface area (Å²) in [6, 6.07) is 13.9. The molecule has 1 fully saturated rings. The molecule has 0 unspecified atom stereocenters. The van der Waals surface area contributed by atoms with Crippen molar-refractivity contribution in [3.63, 3.8) is 0 Å². The third kappa shape index (κ3) is 5.27. The molecule has 0 bridgehead atoms. The van der Waals surface area contributed by atoms with Crippen molar-refractivity contribution in [2.24, 2.45) is 7.05 Å². The third-order valence-electron chi connectivity index (χ3n) is 6.27. The molecule has 5 rings (SSSR count). The first-order valence-corrected chi connectivity index (χ1v) is 12.6. The van der Waals surface area contributed by atoms with Crippen LogP contribution in [0, 0.1) is 29.6 Å². The molecule has 0 radical (unpaired) electrons. The standard InChI is InChI=1S/C20H14N6S.C7H13NO/c1-13-17(11-23-25(13)2)15-7-19(20-16(9-22)10-24-26(20)12-15)27-18-6-4-3-5-14(18)8-21;1-7(9)8-5-3-2-4-6-8/h3-7,10-12H,1-2H3;2-6H2,1H3. The van der Waals surface area contributed by atoms with Gasteiger partial charge < -0.3 is 4.90 Å². The van der Waals surface area contributed by atoms with Crippen LogP contribution in [0.3, 0.4) is 0 Å². The number of fused-ring (bicyclic) bond motifs is 1. The number of piperidine rings is 1. The number of benzene rings is 1. The van der Waals surface area contributed by atoms with Crippen molar-refractivity contribution in [1.29, 1.82) is 10.5 Å². The summed E-state index contributed by atoms with van der Waals surface area (Å²) in [4.78, 5) is 14.4. The molecule has 1 aromatic carbocycles. The lowest BCUT2D eigenvalue weighted by molar-refractivity contribution is -0.129. The second-order valence-electron chi connectivity index (χ2n) is 8.60. The van der Waals surface area contributed by atoms with Crippen molar-refractivity contribution in [3.8, 4) is 23.3 Å². The van der Waals surface area contributed by atoms with Gasteiger partial charge in [-0.3, -0.25) is 9.48 Å². The highest BCUT2D eigenvalue weighted by Crippen LogP contribution is 2.37. The number of amides is 1. The van der Waals surface area contributed by atoms with Gasteiger partial charge in [-0.05, 0) is 44.4 Å². The zero-order chi connectivity index (χ0) is 25.7. The molecule has 0 N–H and O–H groups in total. The highest BCUT2D eigenvalue weighted by atomic mass is 32.2. The van der Waals surface area contributed by atoms with Gasteiger partial charge in [0.05, 0.1) is 29.0 Å². The molecule has 0 saturated carbocycles. The summed E-state index contributed by atoms with van der Waals surface area (Å²) < 4.78 is 3.54. The van der Waals surface area contributed by atoms with Crippen LogP contribution in [-0.4, -0.2) is 43.3 Å². The van der Waals surface area contributed by atoms with E-state index >= 15 is 0 Å². The number of nitrogens with zero attached hydrogens (tertiary/aromatic N) is 7. The molecular formula is C27H27N7OS. The molecule has 0 aliphatic carbocycles. The van der Waals surface area contributed by atoms with Gasteiger partial charge in [-0.15, -0.1) is 0 Å². The number of nitriles is 2. The Morgan fingerprint density at radius 2 is 1.72 bits per heavy atom. The lowest BCUT2D eigenvalue weighted by Crippen LogP contribution is -2.33. The van der Waals surface area contributed by atoms with E-state index in [1.165, 1.54) is 31.0 Å². The number of hydrogen-bond donors (Lipinski definition) is 0. The molecule has 0 spiro atoms. The number of pyridine rings is 1. The van der Waals surface area contributed by atoms with E-state index in [1.807, 2.05) is 60.2 Å². The van der Waals surface area contributed by atoms with Crippen molar-refractivity contribution >= 4 is 23.2 Å². The van der Waals surface area contributed by atoms with Gasteiger partial charge in [0, 0.05) is 59.9 Å². The summed E-state index contributed by atoms with van der Waals surface area (Å²) in [7, 11) is 1.90. The molecule has 1 aliphatic heterocycles. The zero-order valence-electron chi connectivity index (χ0n) is 20.6. The van der Waals surface area contributed by atoms with E-state index in [1.54, 1.807) is 23.7 Å². The van der Waals surface area contributed by atoms with Crippen LogP contribution in [0.15, 0.2) is 58.7 Å². The van der Waals surface area contributed by atoms with Gasteiger partial charge in [0.25, 0.3) is 0 Å². The summed E-state index contributed by atoms with van der Waals surface area (Å²) in [6.07, 6.45) is 8.97. The molecule has 1 saturated heterocycles. The number of aryl methyl sites for hydroxylation is 1. The number of aromatic nitrogens is 4. The van der Waals surface area contributed by atoms with Crippen LogP contribution in [0.5, 0.6) is 0 Å². The number of hydrogen-bond acceptors (Lipinski definition) is 6. The molecule has 9 heteroatoms. The largest absolute Gasteiger partial charge is 0.343 e. The zero-order valence-corrected chi connectivity index (χ0v) is 21.4. The Bertz CT molecular complexity index is 1480. The van der Waals surface area contributed by atoms with Gasteiger partial charge in [-0.1, -0.05) is 23.9 Å². The van der Waals surface area contributed by atoms with Crippen LogP contribution in [0.4, 0.5) is 0 Å². The Hall–Kier alpha value is -4.08. The third-order valence-corrected chi connectivity index (χ3v) is 7.38. The lowest BCUT2D eigenvalue weighted by Gasteiger charge is -2.24. The average molecular weight is 498 g/mol. The second-order valence-corrected chi connectivity index (χ2v) is 9.68. The Morgan fingerprint density at radius 1 is 1.00 bits per heavy atom. The fourth-order valence-corrected chi connectivity index (χ4v) is 5.24. The molecule has 182 valence electrons. The molecule has 1 amide bonds. The van der Waals surface area contributed by atoms with E-state index in [-0.39, 0.29) is 5.91 Å². The van der Waals surface area contributed by atoms with Gasteiger partial charge in [0.15, 0.2) is 0 Å². The Morgan fingerprint density at radius 3 is 2.33 bits per heavy atom. The molecule has 1 aliphatic rings. The molecule has 3 aromatic heterocycles. The maximum absolute atomic E-state index is 10.7. The minimum Gasteiger partial charge on any atom is -0.343 e. The smallest absolute Gasteiger partial charge is 0.219 e. The molecule has 4 aromatic rings. The van der Waals surface area contributed by atoms with Crippen molar-refractivity contribution in [2.45, 2.75) is 42.9 Å². The van der Waals surface area contributed by atoms with Crippen LogP contribution >= 0.6 is 11.8 Å². The maximum atomic E-state index is 10.7. The number of carbonyl (C=O) groups is 1. The van der Waals surface area contributed by atoms with E-state index in [9.17, 15) is 15.3 Å². The fraction of sp³-hybridized carbons (Fsp3) is 0.296. The molecule has 36 heavy (non-hydrogen) atoms. The highest BCUT2D eigenvalue weighted by molar-refractivity contribution is 7.99. The normalized spacial score (nSPS) is 13.0. The van der Waals surface area contributed by atoms with Gasteiger partial charge in [0.2, 0.25) is 5.91 Å². The van der Waals surface area contributed by atoms with Crippen LogP contribution in [0.25, 0.3) is 16.6 Å². The van der Waals surface area contributed by atoms with E-state index in [0.717, 1.165) is 45.2 Å². The SMILES string of the molecule is CC(=O)N1CCCCC1.Cc1c(-c2cc(Sc3ccccc3C#N)c3c(C#N)cnn3c2)cnn1C. The van der Waals surface area contributed by atoms with Gasteiger partial charge >= 0.3 is 0 Å². The summed E-state index contributed by atoms with van der Waals surface area (Å²) in [5, 5.41) is 27.5. The number of carbonyl (C=O) groups excluding carboxylic acids is 1. The second kappa shape index (κ2) is 11.1. The predicted molar refractivity (Wildman–Crippen MR) is 138 cm³/mol. The molecule has 4 heterocycles. The summed E-state index contributed by atoms with van der Waals surface area (Å²) in [5.41, 5.74) is 4.83. The first-order chi connectivity index (χ1) is 17.4. The minimum atomic E-state index is 0.231. The summed E-state index contributed by atoms with van der Waals surface area (Å²) in [5.74, 6) is 0.231. The first-order valence-electron chi connectivity index (χ1n) is 11.8. The summed E-state index contributed by atoms with van der Waals surface area (Å²) >= 11 is 1.46. The average Bonchev–Trinajstić information content (AvgIpc) is 3.48. The number of rotatable bonds is 3. The monoisotopic (exact) mass is 497 g/mol. The van der Waals surface area contributed by atoms with Gasteiger partial charge in [0.1, 0.15) is 12.1 Å². The van der Waals surface area contributed by atoms with Crippen LogP contribution in [0.1, 0.15) is 43.0 Å². The summed E-state index contributed by atoms with van der Waals surface area (Å²) in [6.45, 7) is 5.62. The molecule has 8 nitrogen and oxygen atoms in total. The van der Waals surface area contributed by atoms with Gasteiger partial charge in [-0.2, -0.15) is 20.7 Å². The van der Waals surface area contributed by atoms with Crippen molar-refractivity contribution in [1.82, 2.24) is 24.3 Å². The minimum absolute atomic E-state index is 0.231. The maximum Gasteiger partial charge on any atom is 0.219 e. The van der Waals surface area contributed by atoms with Crippen LogP contribution in [0.2, 0.25) is 0 Å². The number of likely N-dealkylation sites (tertiary alicyclic amines) is 1. The Balaban J connectivity index is 0.000000286. The fourth-order valence-electron chi connectivity index (χ4n) is 4.15. The lowest BCUT2D eigenvalue weighted by atomic mass is 10.1. The van der Waals surface area contributed by atoms with Crippen molar-refractivity contribution < 1.29 is 4.79 Å². The van der Waals surface area contributed by atoms with Crippen LogP contribution < -0.4 is 0 Å². The molecule has 0 atom stereocenters. The van der Waals surface area contributed by atoms with E-state index in [2.05, 4.69) is 22.3 Å². The van der Waals surface area contributed by atoms with Gasteiger partial charge in [-0.25, -0.2) is 4.52 Å². The molecular weight excluding hydrogens is 470 g/mol. The van der Waals surface area contributed by atoms with Crippen LogP contribution in [-0.2, 0) is 11.8 Å². The topological polar surface area (TPSA) is 103 Å². The van der Waals surface area contributed by atoms with Crippen molar-refractivity contribution in [2.75, 3.05) is 13.1 Å². The van der Waals surface area contributed by atoms with E-state index in [0.29, 0.717) is 11.1 Å². The predicted octanol–water partition coefficient (Wildman–Crippen LogP) is 4.96. The highest BCUT2D eigenvalue weighted by Gasteiger charge is 2.16.